The zero-order valence-electron chi connectivity index (χ0n) is 8.96. The van der Waals surface area contributed by atoms with Crippen molar-refractivity contribution in [3.63, 3.8) is 0 Å². The van der Waals surface area contributed by atoms with Crippen molar-refractivity contribution in [3.8, 4) is 0 Å². The van der Waals surface area contributed by atoms with Gasteiger partial charge in [0.2, 0.25) is 0 Å². The topological polar surface area (TPSA) is 54.9 Å². The Morgan fingerprint density at radius 2 is 2.07 bits per heavy atom. The molecule has 1 heterocycles. The van der Waals surface area contributed by atoms with E-state index in [0.717, 1.165) is 0 Å². The van der Waals surface area contributed by atoms with Crippen molar-refractivity contribution < 1.29 is 4.79 Å². The van der Waals surface area contributed by atoms with Gasteiger partial charge < -0.3 is 5.32 Å². The third-order valence-corrected chi connectivity index (χ3v) is 1.79. The fourth-order valence-corrected chi connectivity index (χ4v) is 0.975. The molecule has 0 saturated heterocycles. The molecule has 0 fully saturated rings. The van der Waals surface area contributed by atoms with Gasteiger partial charge >= 0.3 is 0 Å². The highest BCUT2D eigenvalue weighted by molar-refractivity contribution is 5.91. The maximum atomic E-state index is 11.3. The third kappa shape index (κ3) is 2.28. The maximum absolute atomic E-state index is 11.3. The predicted molar refractivity (Wildman–Crippen MR) is 54.1 cm³/mol. The van der Waals surface area contributed by atoms with E-state index in [1.54, 1.807) is 19.3 Å². The first kappa shape index (κ1) is 10.6. The first-order chi connectivity index (χ1) is 6.45. The number of rotatable bonds is 1. The van der Waals surface area contributed by atoms with Crippen molar-refractivity contribution in [1.82, 2.24) is 15.3 Å². The van der Waals surface area contributed by atoms with Crippen LogP contribution in [-0.4, -0.2) is 22.9 Å². The van der Waals surface area contributed by atoms with Gasteiger partial charge in [-0.25, -0.2) is 9.97 Å². The number of carbonyl (C=O) groups is 1. The molecule has 0 radical (unpaired) electrons. The molecule has 0 saturated carbocycles. The van der Waals surface area contributed by atoms with Crippen LogP contribution in [0.1, 0.15) is 37.1 Å². The summed E-state index contributed by atoms with van der Waals surface area (Å²) >= 11 is 0. The van der Waals surface area contributed by atoms with E-state index >= 15 is 0 Å². The Kier molecular flexibility index (Phi) is 2.84. The molecule has 1 aromatic rings. The molecule has 1 N–H and O–H groups in total. The molecule has 0 atom stereocenters. The van der Waals surface area contributed by atoms with Gasteiger partial charge in [-0.05, 0) is 6.07 Å². The maximum Gasteiger partial charge on any atom is 0.269 e. The second-order valence-electron chi connectivity index (χ2n) is 4.09. The number of hydrogen-bond acceptors (Lipinski definition) is 3. The lowest BCUT2D eigenvalue weighted by Crippen LogP contribution is -2.23. The minimum absolute atomic E-state index is 0.135. The number of aromatic nitrogens is 2. The molecule has 0 aliphatic heterocycles. The highest BCUT2D eigenvalue weighted by Crippen LogP contribution is 2.17. The average molecular weight is 193 g/mol. The Labute approximate surface area is 83.8 Å². The Balaban J connectivity index is 3.08. The van der Waals surface area contributed by atoms with E-state index in [0.29, 0.717) is 11.5 Å². The van der Waals surface area contributed by atoms with Gasteiger partial charge in [-0.2, -0.15) is 0 Å². The summed E-state index contributed by atoms with van der Waals surface area (Å²) in [4.78, 5) is 19.6. The van der Waals surface area contributed by atoms with Crippen LogP contribution < -0.4 is 5.32 Å². The first-order valence-corrected chi connectivity index (χ1v) is 4.51. The molecular formula is C10H15N3O. The number of amides is 1. The van der Waals surface area contributed by atoms with Crippen LogP contribution in [0.3, 0.4) is 0 Å². The van der Waals surface area contributed by atoms with Crippen LogP contribution in [-0.2, 0) is 5.41 Å². The summed E-state index contributed by atoms with van der Waals surface area (Å²) in [6, 6.07) is 1.61. The smallest absolute Gasteiger partial charge is 0.269 e. The molecule has 0 aliphatic rings. The van der Waals surface area contributed by atoms with Gasteiger partial charge in [-0.3, -0.25) is 4.79 Å². The summed E-state index contributed by atoms with van der Waals surface area (Å²) in [6.07, 6.45) is 1.61. The van der Waals surface area contributed by atoms with E-state index in [9.17, 15) is 4.79 Å². The van der Waals surface area contributed by atoms with Crippen LogP contribution in [0.2, 0.25) is 0 Å². The van der Waals surface area contributed by atoms with E-state index in [2.05, 4.69) is 15.3 Å². The normalized spacial score (nSPS) is 11.1. The van der Waals surface area contributed by atoms with E-state index in [1.165, 1.54) is 0 Å². The van der Waals surface area contributed by atoms with Gasteiger partial charge in [0, 0.05) is 18.7 Å². The van der Waals surface area contributed by atoms with Crippen LogP contribution in [0.25, 0.3) is 0 Å². The van der Waals surface area contributed by atoms with Crippen molar-refractivity contribution in [1.29, 1.82) is 0 Å². The molecule has 14 heavy (non-hydrogen) atoms. The monoisotopic (exact) mass is 193 g/mol. The molecule has 0 aliphatic carbocycles. The van der Waals surface area contributed by atoms with E-state index in [1.807, 2.05) is 20.8 Å². The number of hydrogen-bond donors (Lipinski definition) is 1. The molecule has 0 bridgehead atoms. The third-order valence-electron chi connectivity index (χ3n) is 1.79. The number of nitrogens with zero attached hydrogens (tertiary/aromatic N) is 2. The predicted octanol–water partition coefficient (Wildman–Crippen LogP) is 1.13. The Morgan fingerprint density at radius 3 is 2.57 bits per heavy atom. The summed E-state index contributed by atoms with van der Waals surface area (Å²) < 4.78 is 0. The van der Waals surface area contributed by atoms with Crippen molar-refractivity contribution >= 4 is 5.91 Å². The zero-order chi connectivity index (χ0) is 10.8. The van der Waals surface area contributed by atoms with Gasteiger partial charge in [0.1, 0.15) is 11.5 Å². The standard InChI is InChI=1S/C10H15N3O/c1-10(2,3)9-12-6-5-7(13-9)8(14)11-4/h5-6H,1-4H3,(H,11,14). The number of nitrogens with one attached hydrogen (secondary N) is 1. The minimum Gasteiger partial charge on any atom is -0.354 e. The molecule has 1 rings (SSSR count). The Bertz CT molecular complexity index is 341. The Hall–Kier alpha value is -1.45. The minimum atomic E-state index is -0.182. The molecule has 1 aromatic heterocycles. The van der Waals surface area contributed by atoms with Crippen molar-refractivity contribution in [2.24, 2.45) is 0 Å². The van der Waals surface area contributed by atoms with Crippen LogP contribution in [0.4, 0.5) is 0 Å². The molecule has 0 spiro atoms. The molecule has 0 unspecified atom stereocenters. The zero-order valence-corrected chi connectivity index (χ0v) is 8.96. The summed E-state index contributed by atoms with van der Waals surface area (Å²) in [5, 5.41) is 2.53. The molecule has 76 valence electrons. The second-order valence-corrected chi connectivity index (χ2v) is 4.09. The van der Waals surface area contributed by atoms with Gasteiger partial charge in [0.05, 0.1) is 0 Å². The SMILES string of the molecule is CNC(=O)c1ccnc(C(C)(C)C)n1. The lowest BCUT2D eigenvalue weighted by atomic mass is 9.95. The van der Waals surface area contributed by atoms with Gasteiger partial charge in [0.15, 0.2) is 0 Å². The van der Waals surface area contributed by atoms with E-state index in [-0.39, 0.29) is 11.3 Å². The molecule has 1 amide bonds. The van der Waals surface area contributed by atoms with Crippen molar-refractivity contribution in [2.45, 2.75) is 26.2 Å². The lowest BCUT2D eigenvalue weighted by molar-refractivity contribution is 0.0957. The van der Waals surface area contributed by atoms with Crippen LogP contribution >= 0.6 is 0 Å². The van der Waals surface area contributed by atoms with Crippen molar-refractivity contribution in [3.05, 3.63) is 23.8 Å². The lowest BCUT2D eigenvalue weighted by Gasteiger charge is -2.16. The molecule has 0 aromatic carbocycles. The summed E-state index contributed by atoms with van der Waals surface area (Å²) in [5.74, 6) is 0.497. The molecular weight excluding hydrogens is 178 g/mol. The highest BCUT2D eigenvalue weighted by Gasteiger charge is 2.18. The van der Waals surface area contributed by atoms with Gasteiger partial charge in [-0.1, -0.05) is 20.8 Å². The van der Waals surface area contributed by atoms with Crippen molar-refractivity contribution in [2.75, 3.05) is 7.05 Å². The van der Waals surface area contributed by atoms with Crippen LogP contribution in [0, 0.1) is 0 Å². The fraction of sp³-hybridized carbons (Fsp3) is 0.500. The molecule has 4 nitrogen and oxygen atoms in total. The quantitative estimate of drug-likeness (QED) is 0.727. The summed E-state index contributed by atoms with van der Waals surface area (Å²) in [7, 11) is 1.58. The highest BCUT2D eigenvalue weighted by atomic mass is 16.1. The van der Waals surface area contributed by atoms with E-state index < -0.39 is 0 Å². The Morgan fingerprint density at radius 1 is 1.43 bits per heavy atom. The first-order valence-electron chi connectivity index (χ1n) is 4.51. The van der Waals surface area contributed by atoms with Gasteiger partial charge in [-0.15, -0.1) is 0 Å². The number of carbonyl (C=O) groups excluding carboxylic acids is 1. The fourth-order valence-electron chi connectivity index (χ4n) is 0.975. The summed E-state index contributed by atoms with van der Waals surface area (Å²) in [6.45, 7) is 6.03. The van der Waals surface area contributed by atoms with E-state index in [4.69, 9.17) is 0 Å². The average Bonchev–Trinajstić information content (AvgIpc) is 2.15. The molecule has 4 heteroatoms. The second kappa shape index (κ2) is 3.74. The van der Waals surface area contributed by atoms with Crippen LogP contribution in [0.15, 0.2) is 12.3 Å². The van der Waals surface area contributed by atoms with Gasteiger partial charge in [0.25, 0.3) is 5.91 Å². The van der Waals surface area contributed by atoms with Crippen LogP contribution in [0.5, 0.6) is 0 Å². The largest absolute Gasteiger partial charge is 0.354 e. The summed E-state index contributed by atoms with van der Waals surface area (Å²) in [5.41, 5.74) is 0.275.